The van der Waals surface area contributed by atoms with Crippen molar-refractivity contribution >= 4 is 11.5 Å². The van der Waals surface area contributed by atoms with Crippen molar-refractivity contribution in [2.45, 2.75) is 34.2 Å². The molecule has 3 nitrogen and oxygen atoms in total. The van der Waals surface area contributed by atoms with Crippen molar-refractivity contribution < 1.29 is 0 Å². The van der Waals surface area contributed by atoms with Crippen LogP contribution in [-0.4, -0.2) is 18.6 Å². The maximum absolute atomic E-state index is 4.75. The molecule has 1 aromatic carbocycles. The molecule has 1 aromatic heterocycles. The summed E-state index contributed by atoms with van der Waals surface area (Å²) in [6.07, 6.45) is 0. The maximum atomic E-state index is 4.75. The van der Waals surface area contributed by atoms with E-state index in [-0.39, 0.29) is 0 Å². The molecule has 21 heavy (non-hydrogen) atoms. The number of pyridine rings is 1. The summed E-state index contributed by atoms with van der Waals surface area (Å²) in [7, 11) is 2.07. The molecule has 0 fully saturated rings. The number of anilines is 2. The van der Waals surface area contributed by atoms with Crippen LogP contribution in [0, 0.1) is 20.8 Å². The minimum Gasteiger partial charge on any atom is -0.329 e. The number of nitrogens with one attached hydrogen (secondary N) is 1. The highest BCUT2D eigenvalue weighted by molar-refractivity contribution is 5.61. The van der Waals surface area contributed by atoms with Crippen molar-refractivity contribution in [2.24, 2.45) is 0 Å². The molecule has 0 saturated carbocycles. The highest BCUT2D eigenvalue weighted by Gasteiger charge is 2.08. The molecule has 2 rings (SSSR count). The lowest BCUT2D eigenvalue weighted by Crippen LogP contribution is -2.15. The number of benzene rings is 1. The van der Waals surface area contributed by atoms with Crippen molar-refractivity contribution in [3.63, 3.8) is 0 Å². The van der Waals surface area contributed by atoms with Gasteiger partial charge < -0.3 is 10.2 Å². The van der Waals surface area contributed by atoms with Gasteiger partial charge in [0.15, 0.2) is 0 Å². The van der Waals surface area contributed by atoms with Crippen LogP contribution >= 0.6 is 0 Å². The monoisotopic (exact) mass is 283 g/mol. The van der Waals surface area contributed by atoms with Gasteiger partial charge in [0.05, 0.1) is 0 Å². The normalized spacial score (nSPS) is 10.7. The first kappa shape index (κ1) is 15.5. The molecule has 0 atom stereocenters. The van der Waals surface area contributed by atoms with Gasteiger partial charge in [-0.25, -0.2) is 4.98 Å². The third kappa shape index (κ3) is 3.82. The van der Waals surface area contributed by atoms with Gasteiger partial charge in [-0.05, 0) is 62.2 Å². The molecule has 0 aliphatic rings. The molecule has 0 aliphatic carbocycles. The van der Waals surface area contributed by atoms with Gasteiger partial charge in [0, 0.05) is 25.0 Å². The Labute approximate surface area is 128 Å². The molecule has 112 valence electrons. The Bertz CT molecular complexity index is 600. The van der Waals surface area contributed by atoms with Crippen LogP contribution in [0.4, 0.5) is 11.5 Å². The summed E-state index contributed by atoms with van der Waals surface area (Å²) in [5.41, 5.74) is 6.08. The van der Waals surface area contributed by atoms with Crippen LogP contribution in [0.15, 0.2) is 30.3 Å². The summed E-state index contributed by atoms with van der Waals surface area (Å²) in [6, 6.07) is 10.8. The van der Waals surface area contributed by atoms with Gasteiger partial charge in [0.25, 0.3) is 0 Å². The van der Waals surface area contributed by atoms with Crippen molar-refractivity contribution in [1.82, 2.24) is 10.3 Å². The topological polar surface area (TPSA) is 28.2 Å². The van der Waals surface area contributed by atoms with Crippen LogP contribution in [0.3, 0.4) is 0 Å². The minimum absolute atomic E-state index is 0.878. The summed E-state index contributed by atoms with van der Waals surface area (Å²) in [4.78, 5) is 6.89. The molecule has 0 unspecified atom stereocenters. The average Bonchev–Trinajstić information content (AvgIpc) is 2.44. The van der Waals surface area contributed by atoms with Gasteiger partial charge in [-0.2, -0.15) is 0 Å². The number of aryl methyl sites for hydroxylation is 3. The first-order valence-corrected chi connectivity index (χ1v) is 7.50. The Morgan fingerprint density at radius 3 is 2.29 bits per heavy atom. The van der Waals surface area contributed by atoms with E-state index in [0.29, 0.717) is 0 Å². The van der Waals surface area contributed by atoms with E-state index in [2.05, 4.69) is 75.3 Å². The smallest absolute Gasteiger partial charge is 0.132 e. The zero-order valence-electron chi connectivity index (χ0n) is 13.7. The summed E-state index contributed by atoms with van der Waals surface area (Å²) in [6.45, 7) is 10.3. The average molecular weight is 283 g/mol. The number of hydrogen-bond donors (Lipinski definition) is 1. The van der Waals surface area contributed by atoms with Crippen molar-refractivity contribution in [1.29, 1.82) is 0 Å². The van der Waals surface area contributed by atoms with Crippen molar-refractivity contribution in [3.05, 3.63) is 52.7 Å². The first-order chi connectivity index (χ1) is 10.0. The van der Waals surface area contributed by atoms with Gasteiger partial charge in [0.2, 0.25) is 0 Å². The highest BCUT2D eigenvalue weighted by Crippen LogP contribution is 2.25. The predicted octanol–water partition coefficient (Wildman–Crippen LogP) is 3.88. The van der Waals surface area contributed by atoms with E-state index in [1.54, 1.807) is 0 Å². The van der Waals surface area contributed by atoms with Crippen LogP contribution in [-0.2, 0) is 6.54 Å². The molecule has 0 spiro atoms. The van der Waals surface area contributed by atoms with Crippen LogP contribution in [0.1, 0.15) is 29.3 Å². The van der Waals surface area contributed by atoms with E-state index in [0.717, 1.165) is 24.6 Å². The van der Waals surface area contributed by atoms with Crippen LogP contribution < -0.4 is 10.2 Å². The quantitative estimate of drug-likeness (QED) is 0.902. The van der Waals surface area contributed by atoms with Gasteiger partial charge in [0.1, 0.15) is 5.82 Å². The second-order valence-electron chi connectivity index (χ2n) is 5.60. The number of aromatic nitrogens is 1. The maximum Gasteiger partial charge on any atom is 0.132 e. The molecule has 2 aromatic rings. The van der Waals surface area contributed by atoms with Gasteiger partial charge in [-0.1, -0.05) is 19.1 Å². The molecule has 1 N–H and O–H groups in total. The molecule has 0 bridgehead atoms. The van der Waals surface area contributed by atoms with Gasteiger partial charge in [-0.15, -0.1) is 0 Å². The first-order valence-electron chi connectivity index (χ1n) is 7.50. The molecule has 1 heterocycles. The van der Waals surface area contributed by atoms with E-state index < -0.39 is 0 Å². The van der Waals surface area contributed by atoms with Gasteiger partial charge in [-0.3, -0.25) is 0 Å². The fourth-order valence-electron chi connectivity index (χ4n) is 2.49. The predicted molar refractivity (Wildman–Crippen MR) is 90.3 cm³/mol. The van der Waals surface area contributed by atoms with E-state index in [4.69, 9.17) is 4.98 Å². The van der Waals surface area contributed by atoms with Gasteiger partial charge >= 0.3 is 0 Å². The second kappa shape index (κ2) is 6.72. The molecular formula is C18H25N3. The van der Waals surface area contributed by atoms with E-state index >= 15 is 0 Å². The zero-order valence-corrected chi connectivity index (χ0v) is 13.7. The highest BCUT2D eigenvalue weighted by atomic mass is 15.2. The second-order valence-corrected chi connectivity index (χ2v) is 5.60. The molecule has 0 saturated heterocycles. The summed E-state index contributed by atoms with van der Waals surface area (Å²) in [5, 5.41) is 3.35. The minimum atomic E-state index is 0.878. The molecule has 0 radical (unpaired) electrons. The van der Waals surface area contributed by atoms with E-state index in [1.165, 1.54) is 22.4 Å². The molecular weight excluding hydrogens is 258 g/mol. The fourth-order valence-corrected chi connectivity index (χ4v) is 2.49. The molecule has 0 amide bonds. The largest absolute Gasteiger partial charge is 0.329 e. The van der Waals surface area contributed by atoms with Crippen molar-refractivity contribution in [3.8, 4) is 0 Å². The lowest BCUT2D eigenvalue weighted by molar-refractivity contribution is 0.720. The van der Waals surface area contributed by atoms with Crippen LogP contribution in [0.5, 0.6) is 0 Å². The Kier molecular flexibility index (Phi) is 4.97. The Balaban J connectivity index is 2.26. The standard InChI is InChI=1S/C18H25N3/c1-6-19-12-16-7-8-18(20-15(16)4)21(5)17-10-13(2)9-14(3)11-17/h7-11,19H,6,12H2,1-5H3. The number of hydrogen-bond acceptors (Lipinski definition) is 3. The van der Waals surface area contributed by atoms with Crippen molar-refractivity contribution in [2.75, 3.05) is 18.5 Å². The molecule has 3 heteroatoms. The lowest BCUT2D eigenvalue weighted by atomic mass is 10.1. The third-order valence-electron chi connectivity index (χ3n) is 3.68. The summed E-state index contributed by atoms with van der Waals surface area (Å²) in [5.74, 6) is 0.984. The number of rotatable bonds is 5. The lowest BCUT2D eigenvalue weighted by Gasteiger charge is -2.20. The summed E-state index contributed by atoms with van der Waals surface area (Å²) >= 11 is 0. The zero-order chi connectivity index (χ0) is 15.4. The third-order valence-corrected chi connectivity index (χ3v) is 3.68. The Morgan fingerprint density at radius 1 is 1.05 bits per heavy atom. The van der Waals surface area contributed by atoms with E-state index in [1.807, 2.05) is 0 Å². The van der Waals surface area contributed by atoms with Crippen LogP contribution in [0.2, 0.25) is 0 Å². The SMILES string of the molecule is CCNCc1ccc(N(C)c2cc(C)cc(C)c2)nc1C. The van der Waals surface area contributed by atoms with Crippen LogP contribution in [0.25, 0.3) is 0 Å². The summed E-state index contributed by atoms with van der Waals surface area (Å²) < 4.78 is 0. The fraction of sp³-hybridized carbons (Fsp3) is 0.389. The Morgan fingerprint density at radius 2 is 1.71 bits per heavy atom. The number of nitrogens with zero attached hydrogens (tertiary/aromatic N) is 2. The Hall–Kier alpha value is -1.87. The van der Waals surface area contributed by atoms with E-state index in [9.17, 15) is 0 Å². The molecule has 0 aliphatic heterocycles.